The van der Waals surface area contributed by atoms with E-state index in [4.69, 9.17) is 9.47 Å². The fourth-order valence-corrected chi connectivity index (χ4v) is 2.18. The van der Waals surface area contributed by atoms with E-state index in [1.807, 2.05) is 0 Å². The quantitative estimate of drug-likeness (QED) is 0.720. The topological polar surface area (TPSA) is 68.3 Å². The largest absolute Gasteiger partial charge is 0.479 e. The van der Waals surface area contributed by atoms with Crippen LogP contribution >= 0.6 is 0 Å². The van der Waals surface area contributed by atoms with Crippen molar-refractivity contribution in [3.8, 4) is 5.88 Å². The van der Waals surface area contributed by atoms with Crippen LogP contribution in [0.2, 0.25) is 0 Å². The molecule has 3 rings (SSSR count). The molecule has 86 valence electrons. The van der Waals surface area contributed by atoms with Crippen molar-refractivity contribution in [3.05, 3.63) is 6.33 Å². The van der Waals surface area contributed by atoms with Crippen LogP contribution in [0.4, 0.5) is 11.5 Å². The van der Waals surface area contributed by atoms with E-state index in [9.17, 15) is 0 Å². The number of aromatic nitrogens is 2. The first-order valence-electron chi connectivity index (χ1n) is 5.32. The molecule has 2 aliphatic rings. The first-order valence-corrected chi connectivity index (χ1v) is 5.32. The first kappa shape index (κ1) is 9.65. The average Bonchev–Trinajstić information content (AvgIpc) is 2.76. The molecule has 1 aromatic rings. The van der Waals surface area contributed by atoms with Gasteiger partial charge < -0.3 is 20.1 Å². The van der Waals surface area contributed by atoms with E-state index in [2.05, 4.69) is 20.6 Å². The molecule has 0 amide bonds. The molecule has 1 unspecified atom stereocenters. The zero-order chi connectivity index (χ0) is 11.0. The van der Waals surface area contributed by atoms with Gasteiger partial charge in [0.25, 0.3) is 0 Å². The Morgan fingerprint density at radius 3 is 3.19 bits per heavy atom. The summed E-state index contributed by atoms with van der Waals surface area (Å²) < 4.78 is 10.6. The van der Waals surface area contributed by atoms with E-state index < -0.39 is 0 Å². The number of nitrogens with one attached hydrogen (secondary N) is 2. The van der Waals surface area contributed by atoms with Crippen LogP contribution in [0.15, 0.2) is 6.33 Å². The summed E-state index contributed by atoms with van der Waals surface area (Å²) in [4.78, 5) is 8.29. The zero-order valence-electron chi connectivity index (χ0n) is 9.12. The predicted molar refractivity (Wildman–Crippen MR) is 58.9 cm³/mol. The molecule has 3 heterocycles. The highest BCUT2D eigenvalue weighted by molar-refractivity contribution is 5.73. The number of ether oxygens (including phenoxy) is 2. The van der Waals surface area contributed by atoms with Crippen molar-refractivity contribution < 1.29 is 9.47 Å². The van der Waals surface area contributed by atoms with Crippen molar-refractivity contribution in [2.45, 2.75) is 12.0 Å². The molecule has 0 radical (unpaired) electrons. The van der Waals surface area contributed by atoms with Crippen LogP contribution in [0.5, 0.6) is 5.88 Å². The normalized spacial score (nSPS) is 27.1. The van der Waals surface area contributed by atoms with Gasteiger partial charge in [0, 0.05) is 13.2 Å². The number of anilines is 2. The highest BCUT2D eigenvalue weighted by Gasteiger charge is 2.39. The molecule has 6 nitrogen and oxygen atoms in total. The fourth-order valence-electron chi connectivity index (χ4n) is 2.18. The Morgan fingerprint density at radius 1 is 1.50 bits per heavy atom. The van der Waals surface area contributed by atoms with Crippen LogP contribution in [0.3, 0.4) is 0 Å². The second-order valence-corrected chi connectivity index (χ2v) is 4.17. The molecular weight excluding hydrogens is 208 g/mol. The molecule has 1 fully saturated rings. The van der Waals surface area contributed by atoms with Gasteiger partial charge in [-0.2, -0.15) is 4.98 Å². The fraction of sp³-hybridized carbons (Fsp3) is 0.600. The lowest BCUT2D eigenvalue weighted by Gasteiger charge is -2.35. The molecule has 2 N–H and O–H groups in total. The predicted octanol–water partition coefficient (Wildman–Crippen LogP) is 0.482. The minimum absolute atomic E-state index is 0.0215. The third-order valence-corrected chi connectivity index (χ3v) is 3.10. The monoisotopic (exact) mass is 222 g/mol. The first-order chi connectivity index (χ1) is 7.83. The molecule has 1 aromatic heterocycles. The molecule has 16 heavy (non-hydrogen) atoms. The van der Waals surface area contributed by atoms with Crippen LogP contribution in [0.25, 0.3) is 0 Å². The van der Waals surface area contributed by atoms with E-state index in [0.717, 1.165) is 31.1 Å². The van der Waals surface area contributed by atoms with Gasteiger partial charge in [0.15, 0.2) is 5.82 Å². The van der Waals surface area contributed by atoms with Crippen LogP contribution < -0.4 is 15.4 Å². The van der Waals surface area contributed by atoms with Crippen LogP contribution in [0.1, 0.15) is 6.42 Å². The maximum Gasteiger partial charge on any atom is 0.242 e. The minimum atomic E-state index is -0.0215. The molecule has 2 aliphatic heterocycles. The minimum Gasteiger partial charge on any atom is -0.479 e. The molecule has 0 aromatic carbocycles. The van der Waals surface area contributed by atoms with Gasteiger partial charge in [-0.05, 0) is 6.42 Å². The van der Waals surface area contributed by atoms with Gasteiger partial charge in [-0.25, -0.2) is 4.98 Å². The second-order valence-electron chi connectivity index (χ2n) is 4.17. The van der Waals surface area contributed by atoms with Gasteiger partial charge in [-0.15, -0.1) is 0 Å². The number of fused-ring (bicyclic) bond motifs is 1. The van der Waals surface area contributed by atoms with Crippen molar-refractivity contribution in [2.24, 2.45) is 0 Å². The summed E-state index contributed by atoms with van der Waals surface area (Å²) >= 11 is 0. The molecule has 1 atom stereocenters. The Morgan fingerprint density at radius 2 is 2.44 bits per heavy atom. The summed E-state index contributed by atoms with van der Waals surface area (Å²) in [6.07, 6.45) is 2.49. The molecule has 1 saturated heterocycles. The second kappa shape index (κ2) is 3.48. The highest BCUT2D eigenvalue weighted by Crippen LogP contribution is 2.36. The van der Waals surface area contributed by atoms with Gasteiger partial charge in [0.1, 0.15) is 12.0 Å². The molecule has 0 saturated carbocycles. The van der Waals surface area contributed by atoms with Crippen LogP contribution in [0, 0.1) is 0 Å². The Labute approximate surface area is 93.4 Å². The van der Waals surface area contributed by atoms with Crippen LogP contribution in [-0.2, 0) is 4.74 Å². The number of hydrogen-bond acceptors (Lipinski definition) is 6. The summed E-state index contributed by atoms with van der Waals surface area (Å²) in [5.41, 5.74) is 0.814. The van der Waals surface area contributed by atoms with Gasteiger partial charge in [0.05, 0.1) is 19.3 Å². The third-order valence-electron chi connectivity index (χ3n) is 3.10. The molecule has 0 aliphatic carbocycles. The van der Waals surface area contributed by atoms with Gasteiger partial charge in [-0.3, -0.25) is 0 Å². The SMILES string of the molecule is COc1ncnc2c1NCC1(CCOC1)N2. The highest BCUT2D eigenvalue weighted by atomic mass is 16.5. The maximum absolute atomic E-state index is 5.43. The molecule has 1 spiro atoms. The number of hydrogen-bond donors (Lipinski definition) is 2. The summed E-state index contributed by atoms with van der Waals surface area (Å²) in [5.74, 6) is 1.37. The summed E-state index contributed by atoms with van der Waals surface area (Å²) in [5, 5.41) is 6.75. The third kappa shape index (κ3) is 1.37. The van der Waals surface area contributed by atoms with E-state index in [-0.39, 0.29) is 5.54 Å². The Balaban J connectivity index is 1.94. The van der Waals surface area contributed by atoms with Crippen molar-refractivity contribution >= 4 is 11.5 Å². The standard InChI is InChI=1S/C10H14N4O2/c1-15-9-7-8(12-6-13-9)14-10(4-11-7)2-3-16-5-10/h6,11H,2-5H2,1H3,(H,12,13,14). The smallest absolute Gasteiger partial charge is 0.242 e. The zero-order valence-corrected chi connectivity index (χ0v) is 9.12. The van der Waals surface area contributed by atoms with Gasteiger partial charge >= 0.3 is 0 Å². The lowest BCUT2D eigenvalue weighted by molar-refractivity contribution is 0.183. The Hall–Kier alpha value is -1.56. The lowest BCUT2D eigenvalue weighted by Crippen LogP contribution is -2.48. The molecular formula is C10H14N4O2. The van der Waals surface area contributed by atoms with Gasteiger partial charge in [-0.1, -0.05) is 0 Å². The lowest BCUT2D eigenvalue weighted by atomic mass is 9.96. The van der Waals surface area contributed by atoms with E-state index in [1.165, 1.54) is 6.33 Å². The Kier molecular flexibility index (Phi) is 2.10. The van der Waals surface area contributed by atoms with E-state index in [0.29, 0.717) is 12.5 Å². The van der Waals surface area contributed by atoms with Crippen LogP contribution in [-0.4, -0.2) is 42.4 Å². The summed E-state index contributed by atoms with van der Waals surface area (Å²) in [7, 11) is 1.60. The van der Waals surface area contributed by atoms with Crippen molar-refractivity contribution in [2.75, 3.05) is 37.5 Å². The van der Waals surface area contributed by atoms with E-state index >= 15 is 0 Å². The van der Waals surface area contributed by atoms with Crippen molar-refractivity contribution in [1.82, 2.24) is 9.97 Å². The number of nitrogens with zero attached hydrogens (tertiary/aromatic N) is 2. The molecule has 6 heteroatoms. The molecule has 0 bridgehead atoms. The number of methoxy groups -OCH3 is 1. The summed E-state index contributed by atoms with van der Waals surface area (Å²) in [6, 6.07) is 0. The van der Waals surface area contributed by atoms with E-state index in [1.54, 1.807) is 7.11 Å². The van der Waals surface area contributed by atoms with Crippen molar-refractivity contribution in [1.29, 1.82) is 0 Å². The number of rotatable bonds is 1. The Bertz CT molecular complexity index is 404. The summed E-state index contributed by atoms with van der Waals surface area (Å²) in [6.45, 7) is 2.32. The maximum atomic E-state index is 5.43. The van der Waals surface area contributed by atoms with Crippen molar-refractivity contribution in [3.63, 3.8) is 0 Å². The average molecular weight is 222 g/mol. The van der Waals surface area contributed by atoms with Gasteiger partial charge in [0.2, 0.25) is 5.88 Å².